The third-order valence-electron chi connectivity index (χ3n) is 9.10. The van der Waals surface area contributed by atoms with E-state index in [1.807, 2.05) is 24.0 Å². The third-order valence-corrected chi connectivity index (χ3v) is 9.52. The average Bonchev–Trinajstić information content (AvgIpc) is 3.67. The molecule has 2 fully saturated rings. The Balaban J connectivity index is 1.28. The molecule has 2 aliphatic heterocycles. The Labute approximate surface area is 281 Å². The molecule has 6 rings (SSSR count). The van der Waals surface area contributed by atoms with Gasteiger partial charge in [-0.15, -0.1) is 0 Å². The van der Waals surface area contributed by atoms with Crippen LogP contribution in [0.2, 0.25) is 5.02 Å². The molecule has 2 saturated heterocycles. The van der Waals surface area contributed by atoms with E-state index in [9.17, 15) is 18.0 Å². The topological polar surface area (TPSA) is 120 Å². The second-order valence-corrected chi connectivity index (χ2v) is 12.9. The van der Waals surface area contributed by atoms with Gasteiger partial charge in [0.2, 0.25) is 17.9 Å². The van der Waals surface area contributed by atoms with Crippen molar-refractivity contribution in [3.63, 3.8) is 0 Å². The summed E-state index contributed by atoms with van der Waals surface area (Å²) >= 11 is 6.22. The molecule has 2 aliphatic rings. The van der Waals surface area contributed by atoms with Gasteiger partial charge < -0.3 is 25.4 Å². The Morgan fingerprint density at radius 3 is 2.50 bits per heavy atom. The Hall–Kier alpha value is -4.36. The normalized spacial score (nSPS) is 18.2. The predicted octanol–water partition coefficient (Wildman–Crippen LogP) is 6.38. The van der Waals surface area contributed by atoms with E-state index in [-0.39, 0.29) is 40.5 Å². The average molecular weight is 684 g/mol. The van der Waals surface area contributed by atoms with Crippen molar-refractivity contribution in [1.29, 1.82) is 0 Å². The van der Waals surface area contributed by atoms with Crippen molar-refractivity contribution in [3.05, 3.63) is 76.6 Å². The summed E-state index contributed by atoms with van der Waals surface area (Å²) in [6, 6.07) is 12.9. The molecule has 0 unspecified atom stereocenters. The summed E-state index contributed by atoms with van der Waals surface area (Å²) in [6.07, 6.45) is -3.42. The van der Waals surface area contributed by atoms with E-state index in [1.165, 1.54) is 16.8 Å². The van der Waals surface area contributed by atoms with Crippen LogP contribution in [0, 0.1) is 19.3 Å². The van der Waals surface area contributed by atoms with E-state index in [0.717, 1.165) is 24.0 Å². The zero-order valence-corrected chi connectivity index (χ0v) is 27.6. The molecule has 4 aromatic rings. The van der Waals surface area contributed by atoms with Gasteiger partial charge in [0, 0.05) is 42.5 Å². The lowest BCUT2D eigenvalue weighted by atomic mass is 9.76. The van der Waals surface area contributed by atoms with Gasteiger partial charge in [-0.2, -0.15) is 28.2 Å². The smallest absolute Gasteiger partial charge is 0.429 e. The van der Waals surface area contributed by atoms with E-state index >= 15 is 0 Å². The second-order valence-electron chi connectivity index (χ2n) is 12.5. The molecule has 0 amide bonds. The lowest BCUT2D eigenvalue weighted by molar-refractivity contribution is -0.198. The molecule has 48 heavy (non-hydrogen) atoms. The molecule has 2 atom stereocenters. The first-order chi connectivity index (χ1) is 22.8. The minimum atomic E-state index is -4.82. The van der Waals surface area contributed by atoms with Gasteiger partial charge in [0.25, 0.3) is 0 Å². The van der Waals surface area contributed by atoms with Crippen molar-refractivity contribution >= 4 is 29.3 Å². The second kappa shape index (κ2) is 13.3. The maximum absolute atomic E-state index is 14.9. The SMILES string of the molecule is CCOC(=O)[C@@H]1CC2(CCN(c3cc(O[C@H](c4ccc(-c5ccc(Cl)c(C)c5)cc4-n4ccc(C)n4)C(F)(F)F)nc(N)n3)CC2)CN1. The fourth-order valence-electron chi connectivity index (χ4n) is 6.51. The number of nitrogens with zero attached hydrogens (tertiary/aromatic N) is 5. The van der Waals surface area contributed by atoms with Crippen molar-refractivity contribution < 1.29 is 27.4 Å². The Bertz CT molecular complexity index is 1810. The van der Waals surface area contributed by atoms with Crippen LogP contribution in [-0.2, 0) is 9.53 Å². The molecule has 3 N–H and O–H groups in total. The van der Waals surface area contributed by atoms with Gasteiger partial charge >= 0.3 is 12.1 Å². The van der Waals surface area contributed by atoms with Gasteiger partial charge in [0.15, 0.2) is 0 Å². The number of carbonyl (C=O) groups is 1. The summed E-state index contributed by atoms with van der Waals surface area (Å²) in [7, 11) is 0. The fourth-order valence-corrected chi connectivity index (χ4v) is 6.63. The zero-order valence-electron chi connectivity index (χ0n) is 26.9. The number of hydrogen-bond donors (Lipinski definition) is 2. The highest BCUT2D eigenvalue weighted by molar-refractivity contribution is 6.31. The molecule has 0 aliphatic carbocycles. The number of hydrogen-bond acceptors (Lipinski definition) is 9. The molecule has 4 heterocycles. The van der Waals surface area contributed by atoms with Crippen molar-refractivity contribution in [1.82, 2.24) is 25.1 Å². The predicted molar refractivity (Wildman–Crippen MR) is 176 cm³/mol. The van der Waals surface area contributed by atoms with E-state index < -0.39 is 12.3 Å². The van der Waals surface area contributed by atoms with Crippen molar-refractivity contribution in [2.24, 2.45) is 5.41 Å². The highest BCUT2D eigenvalue weighted by Gasteiger charge is 2.46. The van der Waals surface area contributed by atoms with Crippen LogP contribution in [0.4, 0.5) is 24.9 Å². The van der Waals surface area contributed by atoms with Crippen LogP contribution in [0.15, 0.2) is 54.7 Å². The van der Waals surface area contributed by atoms with E-state index in [0.29, 0.717) is 54.8 Å². The molecule has 1 spiro atoms. The lowest BCUT2D eigenvalue weighted by Crippen LogP contribution is -2.41. The number of aromatic nitrogens is 4. The van der Waals surface area contributed by atoms with Crippen LogP contribution in [-0.4, -0.2) is 64.2 Å². The van der Waals surface area contributed by atoms with Crippen molar-refractivity contribution in [2.45, 2.75) is 58.4 Å². The molecule has 2 aromatic heterocycles. The van der Waals surface area contributed by atoms with Gasteiger partial charge in [-0.05, 0) is 86.4 Å². The van der Waals surface area contributed by atoms with Gasteiger partial charge in [-0.25, -0.2) is 4.68 Å². The Morgan fingerprint density at radius 2 is 1.83 bits per heavy atom. The van der Waals surface area contributed by atoms with Crippen LogP contribution in [0.5, 0.6) is 5.88 Å². The van der Waals surface area contributed by atoms with E-state index in [2.05, 4.69) is 20.4 Å². The Kier molecular flexibility index (Phi) is 9.27. The summed E-state index contributed by atoms with van der Waals surface area (Å²) in [6.45, 7) is 7.56. The van der Waals surface area contributed by atoms with Crippen molar-refractivity contribution in [2.75, 3.05) is 36.9 Å². The van der Waals surface area contributed by atoms with Crippen LogP contribution in [0.1, 0.15) is 49.1 Å². The molecule has 2 aromatic carbocycles. The number of rotatable bonds is 8. The largest absolute Gasteiger partial charge is 0.465 e. The monoisotopic (exact) mass is 683 g/mol. The number of anilines is 2. The molecule has 10 nitrogen and oxygen atoms in total. The van der Waals surface area contributed by atoms with E-state index in [4.69, 9.17) is 26.8 Å². The number of aryl methyl sites for hydroxylation is 2. The number of nitrogens with one attached hydrogen (secondary N) is 1. The highest BCUT2D eigenvalue weighted by Crippen LogP contribution is 2.43. The number of nitrogens with two attached hydrogens (primary N) is 1. The summed E-state index contributed by atoms with van der Waals surface area (Å²) in [5, 5.41) is 8.29. The highest BCUT2D eigenvalue weighted by atomic mass is 35.5. The molecule has 254 valence electrons. The molecular formula is C34H37ClF3N7O3. The summed E-state index contributed by atoms with van der Waals surface area (Å²) in [5.74, 6) is -0.380. The quantitative estimate of drug-likeness (QED) is 0.204. The molecule has 0 bridgehead atoms. The van der Waals surface area contributed by atoms with Crippen molar-refractivity contribution in [3.8, 4) is 22.7 Å². The number of carbonyl (C=O) groups excluding carboxylic acids is 1. The number of esters is 1. The number of halogens is 4. The first-order valence-electron chi connectivity index (χ1n) is 15.8. The minimum Gasteiger partial charge on any atom is -0.465 e. The number of alkyl halides is 3. The Morgan fingerprint density at radius 1 is 1.10 bits per heavy atom. The van der Waals surface area contributed by atoms with Gasteiger partial charge in [-0.3, -0.25) is 4.79 Å². The molecule has 0 radical (unpaired) electrons. The fraction of sp³-hybridized carbons (Fsp3) is 0.412. The summed E-state index contributed by atoms with van der Waals surface area (Å²) < 4.78 is 56.9. The summed E-state index contributed by atoms with van der Waals surface area (Å²) in [4.78, 5) is 22.6. The maximum Gasteiger partial charge on any atom is 0.429 e. The first-order valence-corrected chi connectivity index (χ1v) is 16.2. The third kappa shape index (κ3) is 7.07. The number of benzene rings is 2. The first kappa shape index (κ1) is 33.5. The molecule has 14 heteroatoms. The van der Waals surface area contributed by atoms with Crippen LogP contribution in [0.25, 0.3) is 16.8 Å². The number of nitrogen functional groups attached to an aromatic ring is 1. The van der Waals surface area contributed by atoms with E-state index in [1.54, 1.807) is 44.3 Å². The lowest BCUT2D eigenvalue weighted by Gasteiger charge is -2.39. The van der Waals surface area contributed by atoms with Crippen LogP contribution < -0.4 is 20.7 Å². The molecule has 0 saturated carbocycles. The van der Waals surface area contributed by atoms with Crippen LogP contribution >= 0.6 is 11.6 Å². The van der Waals surface area contributed by atoms with Crippen LogP contribution in [0.3, 0.4) is 0 Å². The number of piperidine rings is 1. The summed E-state index contributed by atoms with van der Waals surface area (Å²) in [5.41, 5.74) is 8.95. The standard InChI is InChI=1S/C34H37ClF3N7O3/c1-4-47-31(46)26-18-33(19-40-26)10-13-44(14-11-33)28-17-29(42-32(39)41-28)48-30(34(36,37)38)24-7-5-23(22-6-8-25(35)20(2)15-22)16-27(24)45-12-9-21(3)43-45/h5-9,12,15-17,26,30,40H,4,10-11,13-14,18-19H2,1-3H3,(H2,39,41,42)/t26-,30+/m0/s1. The number of ether oxygens (including phenoxy) is 2. The minimum absolute atomic E-state index is 0.0780. The van der Waals surface area contributed by atoms with Gasteiger partial charge in [0.1, 0.15) is 11.9 Å². The van der Waals surface area contributed by atoms with Gasteiger partial charge in [0.05, 0.1) is 18.0 Å². The maximum atomic E-state index is 14.9. The molecular weight excluding hydrogens is 647 g/mol. The zero-order chi connectivity index (χ0) is 34.2. The van der Waals surface area contributed by atoms with Gasteiger partial charge in [-0.1, -0.05) is 29.8 Å².